The topological polar surface area (TPSA) is 130 Å². The third kappa shape index (κ3) is 3.26. The zero-order valence-corrected chi connectivity index (χ0v) is 11.1. The molecule has 0 aliphatic heterocycles. The molecule has 4 N–H and O–H groups in total. The van der Waals surface area contributed by atoms with E-state index in [2.05, 4.69) is 15.4 Å². The summed E-state index contributed by atoms with van der Waals surface area (Å²) in [6.45, 7) is 5.32. The maximum atomic E-state index is 11.2. The van der Waals surface area contributed by atoms with Gasteiger partial charge in [0.2, 0.25) is 11.8 Å². The molecule has 1 heterocycles. The second kappa shape index (κ2) is 6.25. The van der Waals surface area contributed by atoms with Gasteiger partial charge in [-0.15, -0.1) is 0 Å². The van der Waals surface area contributed by atoms with Crippen molar-refractivity contribution in [1.29, 1.82) is 0 Å². The number of nitrogen functional groups attached to an aromatic ring is 1. The standard InChI is InChI=1S/C10H18N6O3/c1-6(2)15(4-5-17)9-8(16(18)19)7(3)12-10(13-9)14-11/h6,17H,4-5,11H2,1-3H3,(H,12,13,14). The van der Waals surface area contributed by atoms with Gasteiger partial charge in [-0.1, -0.05) is 0 Å². The highest BCUT2D eigenvalue weighted by Crippen LogP contribution is 2.30. The Kier molecular flexibility index (Phi) is 4.95. The van der Waals surface area contributed by atoms with E-state index in [1.807, 2.05) is 13.8 Å². The Morgan fingerprint density at radius 1 is 1.53 bits per heavy atom. The average Bonchev–Trinajstić information content (AvgIpc) is 2.33. The molecule has 0 amide bonds. The Bertz CT molecular complexity index is 465. The zero-order chi connectivity index (χ0) is 14.6. The highest BCUT2D eigenvalue weighted by atomic mass is 16.6. The molecule has 0 aliphatic rings. The Hall–Kier alpha value is -2.00. The minimum Gasteiger partial charge on any atom is -0.395 e. The number of rotatable bonds is 6. The number of aliphatic hydroxyl groups excluding tert-OH is 1. The van der Waals surface area contributed by atoms with Gasteiger partial charge in [0.1, 0.15) is 5.69 Å². The molecule has 106 valence electrons. The summed E-state index contributed by atoms with van der Waals surface area (Å²) in [6.07, 6.45) is 0. The van der Waals surface area contributed by atoms with Crippen molar-refractivity contribution in [2.75, 3.05) is 23.5 Å². The molecule has 0 fully saturated rings. The number of aliphatic hydroxyl groups is 1. The summed E-state index contributed by atoms with van der Waals surface area (Å²) < 4.78 is 0. The lowest BCUT2D eigenvalue weighted by molar-refractivity contribution is -0.385. The van der Waals surface area contributed by atoms with Crippen molar-refractivity contribution >= 4 is 17.5 Å². The van der Waals surface area contributed by atoms with Gasteiger partial charge >= 0.3 is 5.69 Å². The van der Waals surface area contributed by atoms with Crippen LogP contribution in [0.3, 0.4) is 0 Å². The van der Waals surface area contributed by atoms with Crippen LogP contribution < -0.4 is 16.2 Å². The highest BCUT2D eigenvalue weighted by molar-refractivity contribution is 5.62. The van der Waals surface area contributed by atoms with Crippen LogP contribution in [0.25, 0.3) is 0 Å². The van der Waals surface area contributed by atoms with Crippen LogP contribution in [0.4, 0.5) is 17.5 Å². The largest absolute Gasteiger partial charge is 0.395 e. The zero-order valence-electron chi connectivity index (χ0n) is 11.1. The Morgan fingerprint density at radius 3 is 2.58 bits per heavy atom. The molecule has 0 atom stereocenters. The number of aromatic nitrogens is 2. The third-order valence-corrected chi connectivity index (χ3v) is 2.59. The second-order valence-corrected chi connectivity index (χ2v) is 4.22. The molecule has 0 aromatic carbocycles. The molecular formula is C10H18N6O3. The number of nitrogens with zero attached hydrogens (tertiary/aromatic N) is 4. The van der Waals surface area contributed by atoms with Gasteiger partial charge in [-0.05, 0) is 20.8 Å². The Labute approximate surface area is 110 Å². The normalized spacial score (nSPS) is 10.6. The van der Waals surface area contributed by atoms with Crippen molar-refractivity contribution in [3.63, 3.8) is 0 Å². The first kappa shape index (κ1) is 15.1. The number of hydrazine groups is 1. The van der Waals surface area contributed by atoms with E-state index in [-0.39, 0.29) is 42.3 Å². The highest BCUT2D eigenvalue weighted by Gasteiger charge is 2.27. The molecule has 9 heteroatoms. The summed E-state index contributed by atoms with van der Waals surface area (Å²) in [4.78, 5) is 20.2. The van der Waals surface area contributed by atoms with E-state index in [9.17, 15) is 10.1 Å². The Balaban J connectivity index is 3.43. The molecule has 9 nitrogen and oxygen atoms in total. The van der Waals surface area contributed by atoms with Crippen molar-refractivity contribution in [3.05, 3.63) is 15.8 Å². The van der Waals surface area contributed by atoms with E-state index in [0.29, 0.717) is 0 Å². The van der Waals surface area contributed by atoms with Crippen molar-refractivity contribution in [1.82, 2.24) is 9.97 Å². The van der Waals surface area contributed by atoms with E-state index < -0.39 is 4.92 Å². The molecule has 0 saturated carbocycles. The van der Waals surface area contributed by atoms with Gasteiger partial charge in [-0.3, -0.25) is 15.5 Å². The fourth-order valence-electron chi connectivity index (χ4n) is 1.75. The van der Waals surface area contributed by atoms with Crippen LogP contribution in [0.2, 0.25) is 0 Å². The smallest absolute Gasteiger partial charge is 0.332 e. The summed E-state index contributed by atoms with van der Waals surface area (Å²) in [5, 5.41) is 20.2. The van der Waals surface area contributed by atoms with E-state index in [4.69, 9.17) is 10.9 Å². The summed E-state index contributed by atoms with van der Waals surface area (Å²) >= 11 is 0. The van der Waals surface area contributed by atoms with Gasteiger partial charge in [0, 0.05) is 12.6 Å². The van der Waals surface area contributed by atoms with Crippen molar-refractivity contribution in [2.45, 2.75) is 26.8 Å². The van der Waals surface area contributed by atoms with Crippen LogP contribution in [0.15, 0.2) is 0 Å². The van der Waals surface area contributed by atoms with Crippen molar-refractivity contribution in [3.8, 4) is 0 Å². The molecule has 19 heavy (non-hydrogen) atoms. The Morgan fingerprint density at radius 2 is 2.16 bits per heavy atom. The SMILES string of the molecule is Cc1nc(NN)nc(N(CCO)C(C)C)c1[N+](=O)[O-]. The maximum Gasteiger partial charge on any atom is 0.332 e. The van der Waals surface area contributed by atoms with Crippen LogP contribution in [0.5, 0.6) is 0 Å². The lowest BCUT2D eigenvalue weighted by Gasteiger charge is -2.27. The molecule has 0 aliphatic carbocycles. The first-order valence-corrected chi connectivity index (χ1v) is 5.79. The van der Waals surface area contributed by atoms with Crippen LogP contribution in [-0.2, 0) is 0 Å². The van der Waals surface area contributed by atoms with Crippen LogP contribution >= 0.6 is 0 Å². The molecule has 0 unspecified atom stereocenters. The molecule has 0 bridgehead atoms. The first-order chi connectivity index (χ1) is 8.92. The summed E-state index contributed by atoms with van der Waals surface area (Å²) in [7, 11) is 0. The van der Waals surface area contributed by atoms with Gasteiger partial charge in [0.05, 0.1) is 11.5 Å². The number of anilines is 2. The number of nitro groups is 1. The molecule has 0 radical (unpaired) electrons. The quantitative estimate of drug-likeness (QED) is 0.379. The van der Waals surface area contributed by atoms with Gasteiger partial charge in [-0.2, -0.15) is 4.98 Å². The number of nitrogens with two attached hydrogens (primary N) is 1. The molecular weight excluding hydrogens is 252 g/mol. The van der Waals surface area contributed by atoms with E-state index in [1.54, 1.807) is 4.90 Å². The average molecular weight is 270 g/mol. The summed E-state index contributed by atoms with van der Waals surface area (Å²) in [6, 6.07) is -0.0641. The van der Waals surface area contributed by atoms with Crippen molar-refractivity contribution in [2.24, 2.45) is 5.84 Å². The predicted octanol–water partition coefficient (Wildman–Crippen LogP) is 0.186. The van der Waals surface area contributed by atoms with E-state index >= 15 is 0 Å². The van der Waals surface area contributed by atoms with E-state index in [1.165, 1.54) is 6.92 Å². The van der Waals surface area contributed by atoms with Gasteiger partial charge in [-0.25, -0.2) is 10.8 Å². The van der Waals surface area contributed by atoms with Crippen LogP contribution in [0, 0.1) is 17.0 Å². The van der Waals surface area contributed by atoms with E-state index in [0.717, 1.165) is 0 Å². The fourth-order valence-corrected chi connectivity index (χ4v) is 1.75. The lowest BCUT2D eigenvalue weighted by atomic mass is 10.2. The molecule has 1 rings (SSSR count). The molecule has 1 aromatic heterocycles. The van der Waals surface area contributed by atoms with Gasteiger partial charge in [0.15, 0.2) is 0 Å². The molecule has 0 spiro atoms. The summed E-state index contributed by atoms with van der Waals surface area (Å²) in [5.41, 5.74) is 2.31. The minimum atomic E-state index is -0.530. The molecule has 0 saturated heterocycles. The number of nitrogens with one attached hydrogen (secondary N) is 1. The van der Waals surface area contributed by atoms with Crippen LogP contribution in [-0.4, -0.2) is 39.2 Å². The third-order valence-electron chi connectivity index (χ3n) is 2.59. The minimum absolute atomic E-state index is 0.0641. The lowest BCUT2D eigenvalue weighted by Crippen LogP contribution is -2.35. The van der Waals surface area contributed by atoms with Gasteiger partial charge in [0.25, 0.3) is 0 Å². The summed E-state index contributed by atoms with van der Waals surface area (Å²) in [5.74, 6) is 5.50. The fraction of sp³-hybridized carbons (Fsp3) is 0.600. The number of hydrogen-bond donors (Lipinski definition) is 3. The molecule has 1 aromatic rings. The van der Waals surface area contributed by atoms with Crippen LogP contribution in [0.1, 0.15) is 19.5 Å². The first-order valence-electron chi connectivity index (χ1n) is 5.79. The predicted molar refractivity (Wildman–Crippen MR) is 70.8 cm³/mol. The number of hydrogen-bond acceptors (Lipinski definition) is 8. The monoisotopic (exact) mass is 270 g/mol. The van der Waals surface area contributed by atoms with Gasteiger partial charge < -0.3 is 10.0 Å². The van der Waals surface area contributed by atoms with Crippen molar-refractivity contribution < 1.29 is 10.0 Å². The number of aryl methyl sites for hydroxylation is 1. The maximum absolute atomic E-state index is 11.2. The second-order valence-electron chi connectivity index (χ2n) is 4.22.